The lowest BCUT2D eigenvalue weighted by atomic mass is 10.0. The Labute approximate surface area is 200 Å². The zero-order valence-corrected chi connectivity index (χ0v) is 19.8. The van der Waals surface area contributed by atoms with Crippen LogP contribution in [0.3, 0.4) is 0 Å². The number of hydrogen-bond acceptors (Lipinski definition) is 7. The van der Waals surface area contributed by atoms with Gasteiger partial charge in [0.1, 0.15) is 18.1 Å². The van der Waals surface area contributed by atoms with Gasteiger partial charge < -0.3 is 20.1 Å². The minimum atomic E-state index is -4.92. The van der Waals surface area contributed by atoms with Crippen LogP contribution < -0.4 is 20.1 Å². The molecule has 0 unspecified atom stereocenters. The van der Waals surface area contributed by atoms with Crippen LogP contribution in [0.15, 0.2) is 42.9 Å². The molecule has 0 radical (unpaired) electrons. The van der Waals surface area contributed by atoms with Crippen molar-refractivity contribution in [3.63, 3.8) is 0 Å². The van der Waals surface area contributed by atoms with Crippen molar-refractivity contribution in [3.05, 3.63) is 54.1 Å². The van der Waals surface area contributed by atoms with Crippen molar-refractivity contribution < 1.29 is 27.4 Å². The van der Waals surface area contributed by atoms with Crippen LogP contribution in [0.25, 0.3) is 11.1 Å². The number of nitrogens with one attached hydrogen (secondary N) is 2. The van der Waals surface area contributed by atoms with E-state index in [2.05, 4.69) is 30.7 Å². The van der Waals surface area contributed by atoms with Crippen LogP contribution >= 0.6 is 0 Å². The highest BCUT2D eigenvalue weighted by atomic mass is 19.4. The second kappa shape index (κ2) is 10.7. The molecule has 0 bridgehead atoms. The van der Waals surface area contributed by atoms with Crippen molar-refractivity contribution in [1.29, 1.82) is 0 Å². The van der Waals surface area contributed by atoms with Gasteiger partial charge in [0.25, 0.3) is 5.91 Å². The average Bonchev–Trinajstić information content (AvgIpc) is 3.29. The number of alkyl halides is 3. The molecule has 0 saturated carbocycles. The molecule has 35 heavy (non-hydrogen) atoms. The fraction of sp³-hybridized carbons (Fsp3) is 0.391. The zero-order chi connectivity index (χ0) is 25.6. The maximum absolute atomic E-state index is 13.1. The predicted molar refractivity (Wildman–Crippen MR) is 122 cm³/mol. The van der Waals surface area contributed by atoms with Crippen molar-refractivity contribution in [2.75, 3.05) is 20.2 Å². The Kier molecular flexibility index (Phi) is 7.95. The van der Waals surface area contributed by atoms with Gasteiger partial charge in [0.05, 0.1) is 17.9 Å². The third-order valence-corrected chi connectivity index (χ3v) is 4.85. The SMILES string of the molecule is CNCCOc1cnccc1-c1ccc(CNC(=O)c2cn(C(C)(C)C)nn2)c(OC(F)(F)F)c1. The highest BCUT2D eigenvalue weighted by Crippen LogP contribution is 2.35. The number of likely N-dealkylation sites (N-methyl/N-ethyl adjacent to an activating group) is 1. The molecule has 0 atom stereocenters. The Morgan fingerprint density at radius 1 is 1.14 bits per heavy atom. The summed E-state index contributed by atoms with van der Waals surface area (Å²) in [7, 11) is 1.78. The molecule has 1 amide bonds. The van der Waals surface area contributed by atoms with E-state index < -0.39 is 18.0 Å². The first-order chi connectivity index (χ1) is 16.5. The van der Waals surface area contributed by atoms with Crippen molar-refractivity contribution in [3.8, 4) is 22.6 Å². The molecular weight excluding hydrogens is 465 g/mol. The molecule has 1 aromatic carbocycles. The Bertz CT molecular complexity index is 1160. The first kappa shape index (κ1) is 25.9. The lowest BCUT2D eigenvalue weighted by Crippen LogP contribution is -2.25. The van der Waals surface area contributed by atoms with E-state index in [1.807, 2.05) is 20.8 Å². The molecule has 0 saturated heterocycles. The number of aromatic nitrogens is 4. The monoisotopic (exact) mass is 492 g/mol. The molecule has 3 aromatic rings. The van der Waals surface area contributed by atoms with E-state index in [1.54, 1.807) is 19.2 Å². The number of pyridine rings is 1. The fourth-order valence-corrected chi connectivity index (χ4v) is 3.05. The van der Waals surface area contributed by atoms with E-state index >= 15 is 0 Å². The maximum Gasteiger partial charge on any atom is 0.573 e. The molecule has 9 nitrogen and oxygen atoms in total. The summed E-state index contributed by atoms with van der Waals surface area (Å²) in [5.41, 5.74) is 0.800. The number of halogens is 3. The number of hydrogen-bond donors (Lipinski definition) is 2. The summed E-state index contributed by atoms with van der Waals surface area (Å²) in [5.74, 6) is -0.591. The van der Waals surface area contributed by atoms with Gasteiger partial charge in [-0.1, -0.05) is 17.3 Å². The number of rotatable bonds is 9. The first-order valence-electron chi connectivity index (χ1n) is 10.8. The van der Waals surface area contributed by atoms with Gasteiger partial charge in [-0.05, 0) is 45.5 Å². The highest BCUT2D eigenvalue weighted by Gasteiger charge is 2.32. The van der Waals surface area contributed by atoms with E-state index in [0.29, 0.717) is 30.0 Å². The summed E-state index contributed by atoms with van der Waals surface area (Å²) >= 11 is 0. The Morgan fingerprint density at radius 3 is 2.57 bits per heavy atom. The number of ether oxygens (including phenoxy) is 2. The minimum Gasteiger partial charge on any atom is -0.490 e. The van der Waals surface area contributed by atoms with Crippen LogP contribution in [-0.2, 0) is 12.1 Å². The number of amides is 1. The summed E-state index contributed by atoms with van der Waals surface area (Å²) in [6.07, 6.45) is -0.431. The molecule has 0 aliphatic carbocycles. The molecule has 0 spiro atoms. The fourth-order valence-electron chi connectivity index (χ4n) is 3.05. The Hall–Kier alpha value is -3.67. The molecule has 12 heteroatoms. The topological polar surface area (TPSA) is 103 Å². The molecule has 3 rings (SSSR count). The van der Waals surface area contributed by atoms with E-state index in [-0.39, 0.29) is 23.3 Å². The minimum absolute atomic E-state index is 0.0509. The lowest BCUT2D eigenvalue weighted by molar-refractivity contribution is -0.274. The molecular formula is C23H27F3N6O3. The second-order valence-corrected chi connectivity index (χ2v) is 8.60. The van der Waals surface area contributed by atoms with Crippen LogP contribution in [0, 0.1) is 0 Å². The Balaban J connectivity index is 1.84. The van der Waals surface area contributed by atoms with Gasteiger partial charge in [0.2, 0.25) is 0 Å². The standard InChI is InChI=1S/C23H27F3N6O3/c1-22(2,3)32-14-18(30-31-32)21(33)29-12-16-6-5-15(11-19(16)35-23(24,25)26)17-7-8-28-13-20(17)34-10-9-27-4/h5-8,11,13-14,27H,9-10,12H2,1-4H3,(H,29,33). The smallest absolute Gasteiger partial charge is 0.490 e. The van der Waals surface area contributed by atoms with Gasteiger partial charge in [-0.2, -0.15) is 0 Å². The quantitative estimate of drug-likeness (QED) is 0.441. The lowest BCUT2D eigenvalue weighted by Gasteiger charge is -2.17. The average molecular weight is 493 g/mol. The van der Waals surface area contributed by atoms with Gasteiger partial charge in [-0.15, -0.1) is 18.3 Å². The molecule has 0 fully saturated rings. The molecule has 188 valence electrons. The third-order valence-electron chi connectivity index (χ3n) is 4.85. The van der Waals surface area contributed by atoms with Gasteiger partial charge in [0.15, 0.2) is 5.69 Å². The predicted octanol–water partition coefficient (Wildman–Crippen LogP) is 3.52. The van der Waals surface area contributed by atoms with Crippen LogP contribution in [0.2, 0.25) is 0 Å². The van der Waals surface area contributed by atoms with Crippen LogP contribution in [-0.4, -0.2) is 52.4 Å². The van der Waals surface area contributed by atoms with E-state index in [4.69, 9.17) is 4.74 Å². The molecule has 0 aliphatic heterocycles. The maximum atomic E-state index is 13.1. The molecule has 2 aromatic heterocycles. The van der Waals surface area contributed by atoms with Crippen molar-refractivity contribution in [2.24, 2.45) is 0 Å². The molecule has 0 aliphatic rings. The highest BCUT2D eigenvalue weighted by molar-refractivity contribution is 5.91. The largest absolute Gasteiger partial charge is 0.573 e. The summed E-state index contributed by atoms with van der Waals surface area (Å²) in [4.78, 5) is 16.5. The second-order valence-electron chi connectivity index (χ2n) is 8.60. The van der Waals surface area contributed by atoms with Crippen LogP contribution in [0.1, 0.15) is 36.8 Å². The summed E-state index contributed by atoms with van der Waals surface area (Å²) in [5, 5.41) is 13.3. The van der Waals surface area contributed by atoms with Crippen molar-refractivity contribution in [1.82, 2.24) is 30.6 Å². The summed E-state index contributed by atoms with van der Waals surface area (Å²) in [6.45, 7) is 6.40. The van der Waals surface area contributed by atoms with E-state index in [1.165, 1.54) is 35.4 Å². The number of carbonyl (C=O) groups excluding carboxylic acids is 1. The van der Waals surface area contributed by atoms with Crippen molar-refractivity contribution in [2.45, 2.75) is 39.2 Å². The zero-order valence-electron chi connectivity index (χ0n) is 19.8. The van der Waals surface area contributed by atoms with Gasteiger partial charge in [-0.25, -0.2) is 4.68 Å². The number of benzene rings is 1. The third kappa shape index (κ3) is 7.15. The number of nitrogens with zero attached hydrogens (tertiary/aromatic N) is 4. The molecule has 2 N–H and O–H groups in total. The van der Waals surface area contributed by atoms with E-state index in [0.717, 1.165) is 0 Å². The summed E-state index contributed by atoms with van der Waals surface area (Å²) < 4.78 is 50.9. The Morgan fingerprint density at radius 2 is 1.91 bits per heavy atom. The normalized spacial score (nSPS) is 11.9. The van der Waals surface area contributed by atoms with E-state index in [9.17, 15) is 18.0 Å². The van der Waals surface area contributed by atoms with Crippen LogP contribution in [0.5, 0.6) is 11.5 Å². The van der Waals surface area contributed by atoms with Gasteiger partial charge >= 0.3 is 6.36 Å². The van der Waals surface area contributed by atoms with Crippen LogP contribution in [0.4, 0.5) is 13.2 Å². The van der Waals surface area contributed by atoms with Gasteiger partial charge in [0, 0.05) is 30.4 Å². The number of carbonyl (C=O) groups is 1. The van der Waals surface area contributed by atoms with Crippen molar-refractivity contribution >= 4 is 5.91 Å². The molecule has 2 heterocycles. The summed E-state index contributed by atoms with van der Waals surface area (Å²) in [6, 6.07) is 5.98. The van der Waals surface area contributed by atoms with Gasteiger partial charge in [-0.3, -0.25) is 9.78 Å². The first-order valence-corrected chi connectivity index (χ1v) is 10.8.